The number of carbonyl (C=O) groups is 2. The predicted molar refractivity (Wildman–Crippen MR) is 116 cm³/mol. The number of ether oxygens (including phenoxy) is 1. The summed E-state index contributed by atoms with van der Waals surface area (Å²) in [5, 5.41) is 0.0392. The van der Waals surface area contributed by atoms with Gasteiger partial charge in [-0.1, -0.05) is 25.6 Å². The number of esters is 1. The van der Waals surface area contributed by atoms with Crippen LogP contribution in [0.25, 0.3) is 0 Å². The molecular formula is C20H40O6SSi. The minimum Gasteiger partial charge on any atom is -0.460 e. The van der Waals surface area contributed by atoms with Gasteiger partial charge in [0.1, 0.15) is 5.60 Å². The van der Waals surface area contributed by atoms with Gasteiger partial charge in [0.05, 0.1) is 6.42 Å². The lowest BCUT2D eigenvalue weighted by Gasteiger charge is -2.28. The normalized spacial score (nSPS) is 13.6. The lowest BCUT2D eigenvalue weighted by Crippen LogP contribution is -2.46. The fraction of sp³-hybridized carbons (Fsp3) is 0.900. The van der Waals surface area contributed by atoms with E-state index in [4.69, 9.17) is 18.0 Å². The van der Waals surface area contributed by atoms with Crippen LogP contribution in [0.3, 0.4) is 0 Å². The van der Waals surface area contributed by atoms with Gasteiger partial charge < -0.3 is 18.0 Å². The summed E-state index contributed by atoms with van der Waals surface area (Å²) in [7, 11) is -2.67. The molecule has 6 nitrogen and oxygen atoms in total. The van der Waals surface area contributed by atoms with Crippen LogP contribution in [0.5, 0.6) is 0 Å². The molecule has 0 amide bonds. The Morgan fingerprint density at radius 1 is 0.964 bits per heavy atom. The molecule has 0 bridgehead atoms. The molecule has 0 rings (SSSR count). The van der Waals surface area contributed by atoms with E-state index in [2.05, 4.69) is 0 Å². The van der Waals surface area contributed by atoms with Gasteiger partial charge in [0.25, 0.3) is 0 Å². The molecule has 166 valence electrons. The highest BCUT2D eigenvalue weighted by Crippen LogP contribution is 2.26. The van der Waals surface area contributed by atoms with Gasteiger partial charge in [-0.2, -0.15) is 0 Å². The number of rotatable bonds is 14. The van der Waals surface area contributed by atoms with Crippen LogP contribution >= 0.6 is 11.8 Å². The van der Waals surface area contributed by atoms with Crippen LogP contribution in [0.1, 0.15) is 68.2 Å². The maximum Gasteiger partial charge on any atom is 0.500 e. The molecule has 0 radical (unpaired) electrons. The topological polar surface area (TPSA) is 71.1 Å². The number of hydrogen-bond acceptors (Lipinski definition) is 7. The van der Waals surface area contributed by atoms with Gasteiger partial charge in [0.2, 0.25) is 0 Å². The van der Waals surface area contributed by atoms with Gasteiger partial charge >= 0.3 is 14.8 Å². The molecule has 1 unspecified atom stereocenters. The minimum absolute atomic E-state index is 0.0392. The van der Waals surface area contributed by atoms with Crippen molar-refractivity contribution >= 4 is 31.7 Å². The Kier molecular flexibility index (Phi) is 13.5. The van der Waals surface area contributed by atoms with Crippen molar-refractivity contribution < 1.29 is 27.6 Å². The number of carbonyl (C=O) groups excluding carboxylic acids is 2. The SMILES string of the molecule is CCO[Si](CCCSC(=O)C(CC(=O)OC(C)(C)C)C(C)C)(OCC)OCC. The van der Waals surface area contributed by atoms with Crippen molar-refractivity contribution in [2.75, 3.05) is 25.6 Å². The molecule has 0 N–H and O–H groups in total. The second kappa shape index (κ2) is 13.7. The highest BCUT2D eigenvalue weighted by Gasteiger charge is 2.39. The number of thioether (sulfide) groups is 1. The third-order valence-electron chi connectivity index (χ3n) is 3.88. The van der Waals surface area contributed by atoms with Crippen molar-refractivity contribution in [3.8, 4) is 0 Å². The van der Waals surface area contributed by atoms with Crippen molar-refractivity contribution in [2.45, 2.75) is 79.9 Å². The Labute approximate surface area is 176 Å². The maximum atomic E-state index is 12.7. The standard InChI is InChI=1S/C20H40O6SSi/c1-9-23-28(24-10-2,25-11-3)14-12-13-27-19(22)17(16(4)5)15-18(21)26-20(6,7)8/h16-17H,9-15H2,1-8H3. The first-order valence-corrected chi connectivity index (χ1v) is 13.2. The quantitative estimate of drug-likeness (QED) is 0.222. The van der Waals surface area contributed by atoms with Crippen LogP contribution in [0.4, 0.5) is 0 Å². The van der Waals surface area contributed by atoms with E-state index in [1.165, 1.54) is 11.8 Å². The molecule has 0 aliphatic rings. The lowest BCUT2D eigenvalue weighted by atomic mass is 9.94. The summed E-state index contributed by atoms with van der Waals surface area (Å²) < 4.78 is 22.9. The van der Waals surface area contributed by atoms with E-state index in [0.29, 0.717) is 31.6 Å². The Hall–Kier alpha value is -0.413. The summed E-state index contributed by atoms with van der Waals surface area (Å²) in [6.07, 6.45) is 0.885. The predicted octanol–water partition coefficient (Wildman–Crippen LogP) is 4.69. The van der Waals surface area contributed by atoms with E-state index in [-0.39, 0.29) is 29.3 Å². The van der Waals surface area contributed by atoms with Crippen LogP contribution in [0.15, 0.2) is 0 Å². The van der Waals surface area contributed by atoms with E-state index in [9.17, 15) is 9.59 Å². The Bertz CT molecular complexity index is 447. The Balaban J connectivity index is 4.66. The monoisotopic (exact) mass is 436 g/mol. The van der Waals surface area contributed by atoms with E-state index in [1.807, 2.05) is 55.4 Å². The highest BCUT2D eigenvalue weighted by atomic mass is 32.2. The van der Waals surface area contributed by atoms with Crippen molar-refractivity contribution in [3.63, 3.8) is 0 Å². The maximum absolute atomic E-state index is 12.7. The fourth-order valence-corrected chi connectivity index (χ4v) is 6.65. The molecule has 0 saturated heterocycles. The van der Waals surface area contributed by atoms with E-state index >= 15 is 0 Å². The Morgan fingerprint density at radius 2 is 1.46 bits per heavy atom. The zero-order chi connectivity index (χ0) is 21.8. The van der Waals surface area contributed by atoms with Crippen LogP contribution in [-0.4, -0.2) is 51.1 Å². The second-order valence-electron chi connectivity index (χ2n) is 7.89. The summed E-state index contributed by atoms with van der Waals surface area (Å²) in [6.45, 7) is 16.9. The van der Waals surface area contributed by atoms with Gasteiger partial charge in [-0.3, -0.25) is 9.59 Å². The molecule has 0 aliphatic carbocycles. The molecule has 1 atom stereocenters. The lowest BCUT2D eigenvalue weighted by molar-refractivity contribution is -0.157. The van der Waals surface area contributed by atoms with E-state index in [0.717, 1.165) is 6.42 Å². The van der Waals surface area contributed by atoms with Crippen LogP contribution in [0, 0.1) is 11.8 Å². The summed E-state index contributed by atoms with van der Waals surface area (Å²) in [5.41, 5.74) is -0.541. The fourth-order valence-electron chi connectivity index (χ4n) is 2.72. The molecule has 0 heterocycles. The van der Waals surface area contributed by atoms with Gasteiger partial charge in [0.15, 0.2) is 5.12 Å². The average molecular weight is 437 g/mol. The van der Waals surface area contributed by atoms with Crippen molar-refractivity contribution in [1.29, 1.82) is 0 Å². The second-order valence-corrected chi connectivity index (χ2v) is 11.7. The van der Waals surface area contributed by atoms with Crippen molar-refractivity contribution in [1.82, 2.24) is 0 Å². The van der Waals surface area contributed by atoms with Crippen molar-refractivity contribution in [3.05, 3.63) is 0 Å². The summed E-state index contributed by atoms with van der Waals surface area (Å²) in [4.78, 5) is 24.8. The van der Waals surface area contributed by atoms with Crippen molar-refractivity contribution in [2.24, 2.45) is 11.8 Å². The van der Waals surface area contributed by atoms with Gasteiger partial charge in [0, 0.05) is 37.5 Å². The largest absolute Gasteiger partial charge is 0.500 e. The number of hydrogen-bond donors (Lipinski definition) is 0. The summed E-state index contributed by atoms with van der Waals surface area (Å²) in [5.74, 6) is 0.0672. The van der Waals surface area contributed by atoms with E-state index < -0.39 is 14.4 Å². The summed E-state index contributed by atoms with van der Waals surface area (Å²) in [6, 6.07) is 0.682. The molecule has 0 aromatic rings. The molecule has 0 fully saturated rings. The third-order valence-corrected chi connectivity index (χ3v) is 8.11. The third kappa shape index (κ3) is 11.6. The average Bonchev–Trinajstić information content (AvgIpc) is 2.55. The first-order chi connectivity index (χ1) is 13.0. The molecule has 28 heavy (non-hydrogen) atoms. The molecule has 8 heteroatoms. The first-order valence-electron chi connectivity index (χ1n) is 10.3. The van der Waals surface area contributed by atoms with E-state index in [1.54, 1.807) is 0 Å². The zero-order valence-electron chi connectivity index (χ0n) is 19.0. The van der Waals surface area contributed by atoms with Gasteiger partial charge in [-0.25, -0.2) is 0 Å². The van der Waals surface area contributed by atoms with Crippen LogP contribution < -0.4 is 0 Å². The first kappa shape index (κ1) is 27.6. The van der Waals surface area contributed by atoms with Gasteiger partial charge in [-0.05, 0) is 53.9 Å². The molecule has 0 saturated carbocycles. The molecule has 0 spiro atoms. The van der Waals surface area contributed by atoms with Crippen LogP contribution in [0.2, 0.25) is 6.04 Å². The molecular weight excluding hydrogens is 396 g/mol. The molecule has 0 aliphatic heterocycles. The molecule has 0 aromatic carbocycles. The van der Waals surface area contributed by atoms with Crippen LogP contribution in [-0.2, 0) is 27.6 Å². The molecule has 0 aromatic heterocycles. The zero-order valence-corrected chi connectivity index (χ0v) is 20.8. The smallest absolute Gasteiger partial charge is 0.460 e. The minimum atomic E-state index is -2.67. The highest BCUT2D eigenvalue weighted by molar-refractivity contribution is 8.13. The van der Waals surface area contributed by atoms with Gasteiger partial charge in [-0.15, -0.1) is 0 Å². The summed E-state index contributed by atoms with van der Waals surface area (Å²) >= 11 is 1.28. The Morgan fingerprint density at radius 3 is 1.86 bits per heavy atom.